The summed E-state index contributed by atoms with van der Waals surface area (Å²) in [5.41, 5.74) is 2.67. The molecule has 0 fully saturated rings. The van der Waals surface area contributed by atoms with Gasteiger partial charge in [-0.05, 0) is 43.7 Å². The highest BCUT2D eigenvalue weighted by Gasteiger charge is 2.15. The number of para-hydroxylation sites is 1. The maximum Gasteiger partial charge on any atom is 0.238 e. The highest BCUT2D eigenvalue weighted by Crippen LogP contribution is 2.29. The van der Waals surface area contributed by atoms with Gasteiger partial charge in [-0.2, -0.15) is 0 Å². The zero-order valence-corrected chi connectivity index (χ0v) is 17.8. The molecule has 0 aliphatic heterocycles. The van der Waals surface area contributed by atoms with Gasteiger partial charge in [0.05, 0.1) is 34.9 Å². The van der Waals surface area contributed by atoms with Crippen molar-refractivity contribution in [1.29, 1.82) is 0 Å². The summed E-state index contributed by atoms with van der Waals surface area (Å²) in [6, 6.07) is 13.1. The van der Waals surface area contributed by atoms with Gasteiger partial charge in [-0.3, -0.25) is 14.5 Å². The highest BCUT2D eigenvalue weighted by atomic mass is 35.5. The molecular weight excluding hydrogens is 397 g/mol. The molecule has 0 bridgehead atoms. The summed E-state index contributed by atoms with van der Waals surface area (Å²) in [5.74, 6) is -0.452. The molecule has 2 aromatic carbocycles. The third-order valence-corrected chi connectivity index (χ3v) is 4.95. The molecular formula is C21H25Cl2N3O2. The van der Waals surface area contributed by atoms with Crippen LogP contribution in [0, 0.1) is 0 Å². The van der Waals surface area contributed by atoms with Crippen LogP contribution in [0.25, 0.3) is 0 Å². The summed E-state index contributed by atoms with van der Waals surface area (Å²) in [7, 11) is 1.70. The van der Waals surface area contributed by atoms with E-state index in [-0.39, 0.29) is 30.9 Å². The smallest absolute Gasteiger partial charge is 0.238 e. The third kappa shape index (κ3) is 6.51. The molecule has 0 heterocycles. The molecule has 7 heteroatoms. The fourth-order valence-electron chi connectivity index (χ4n) is 2.75. The number of rotatable bonds is 8. The van der Waals surface area contributed by atoms with Crippen molar-refractivity contribution in [2.75, 3.05) is 25.5 Å². The first-order valence-electron chi connectivity index (χ1n) is 9.10. The van der Waals surface area contributed by atoms with Crippen LogP contribution < -0.4 is 10.6 Å². The van der Waals surface area contributed by atoms with Gasteiger partial charge in [0.2, 0.25) is 11.8 Å². The second kappa shape index (κ2) is 10.5. The van der Waals surface area contributed by atoms with Gasteiger partial charge in [-0.15, -0.1) is 0 Å². The first-order chi connectivity index (χ1) is 13.3. The molecule has 2 amide bonds. The zero-order chi connectivity index (χ0) is 20.7. The number of anilines is 1. The molecule has 0 saturated carbocycles. The van der Waals surface area contributed by atoms with E-state index in [0.29, 0.717) is 15.7 Å². The van der Waals surface area contributed by atoms with Gasteiger partial charge < -0.3 is 10.6 Å². The Labute approximate surface area is 176 Å². The van der Waals surface area contributed by atoms with E-state index < -0.39 is 0 Å². The Morgan fingerprint density at radius 1 is 1.00 bits per heavy atom. The first kappa shape index (κ1) is 22.2. The van der Waals surface area contributed by atoms with Crippen molar-refractivity contribution < 1.29 is 9.59 Å². The van der Waals surface area contributed by atoms with E-state index in [2.05, 4.69) is 29.7 Å². The number of benzene rings is 2. The summed E-state index contributed by atoms with van der Waals surface area (Å²) < 4.78 is 0. The van der Waals surface area contributed by atoms with Crippen LogP contribution in [-0.2, 0) is 16.0 Å². The van der Waals surface area contributed by atoms with Gasteiger partial charge in [-0.1, -0.05) is 60.5 Å². The predicted molar refractivity (Wildman–Crippen MR) is 115 cm³/mol. The minimum absolute atomic E-state index is 0.0363. The van der Waals surface area contributed by atoms with Crippen LogP contribution in [0.15, 0.2) is 42.5 Å². The van der Waals surface area contributed by atoms with Crippen LogP contribution >= 0.6 is 23.2 Å². The third-order valence-electron chi connectivity index (χ3n) is 4.32. The molecule has 2 N–H and O–H groups in total. The van der Waals surface area contributed by atoms with Crippen molar-refractivity contribution in [3.8, 4) is 0 Å². The average Bonchev–Trinajstić information content (AvgIpc) is 2.64. The van der Waals surface area contributed by atoms with E-state index in [4.69, 9.17) is 23.2 Å². The molecule has 5 nitrogen and oxygen atoms in total. The lowest BCUT2D eigenvalue weighted by Gasteiger charge is -2.19. The van der Waals surface area contributed by atoms with Crippen LogP contribution in [0.4, 0.5) is 5.69 Å². The van der Waals surface area contributed by atoms with Crippen LogP contribution in [0.3, 0.4) is 0 Å². The molecule has 0 radical (unpaired) electrons. The molecule has 0 aromatic heterocycles. The molecule has 0 aliphatic rings. The molecule has 0 spiro atoms. The summed E-state index contributed by atoms with van der Waals surface area (Å²) in [6.45, 7) is 4.17. The fraction of sp³-hybridized carbons (Fsp3) is 0.333. The second-order valence-electron chi connectivity index (χ2n) is 6.70. The Bertz CT molecular complexity index is 805. The van der Waals surface area contributed by atoms with E-state index in [1.54, 1.807) is 30.1 Å². The fourth-order valence-corrected chi connectivity index (χ4v) is 3.25. The number of aryl methyl sites for hydroxylation is 1. The first-order valence-corrected chi connectivity index (χ1v) is 9.86. The monoisotopic (exact) mass is 421 g/mol. The van der Waals surface area contributed by atoms with Gasteiger partial charge in [-0.25, -0.2) is 0 Å². The number of carbonyl (C=O) groups is 2. The summed E-state index contributed by atoms with van der Waals surface area (Å²) >= 11 is 12.1. The number of hydrogen-bond acceptors (Lipinski definition) is 3. The van der Waals surface area contributed by atoms with Gasteiger partial charge in [0.15, 0.2) is 0 Å². The van der Waals surface area contributed by atoms with Crippen molar-refractivity contribution >= 4 is 40.7 Å². The lowest BCUT2D eigenvalue weighted by molar-refractivity contribution is -0.123. The summed E-state index contributed by atoms with van der Waals surface area (Å²) in [5, 5.41) is 6.36. The quantitative estimate of drug-likeness (QED) is 0.667. The van der Waals surface area contributed by atoms with E-state index in [1.807, 2.05) is 19.1 Å². The number of carbonyl (C=O) groups excluding carboxylic acids is 2. The minimum Gasteiger partial charge on any atom is -0.348 e. The normalized spacial score (nSPS) is 11.9. The van der Waals surface area contributed by atoms with Crippen LogP contribution in [0.1, 0.15) is 31.0 Å². The second-order valence-corrected chi connectivity index (χ2v) is 7.52. The highest BCUT2D eigenvalue weighted by molar-refractivity contribution is 6.39. The maximum absolute atomic E-state index is 12.3. The maximum atomic E-state index is 12.3. The van der Waals surface area contributed by atoms with Crippen LogP contribution in [0.2, 0.25) is 10.0 Å². The number of amides is 2. The van der Waals surface area contributed by atoms with E-state index in [9.17, 15) is 9.59 Å². The Kier molecular flexibility index (Phi) is 8.30. The number of hydrogen-bond donors (Lipinski definition) is 2. The average molecular weight is 422 g/mol. The zero-order valence-electron chi connectivity index (χ0n) is 16.3. The van der Waals surface area contributed by atoms with Crippen molar-refractivity contribution in [2.45, 2.75) is 26.3 Å². The molecule has 1 atom stereocenters. The summed E-state index contributed by atoms with van der Waals surface area (Å²) in [6.07, 6.45) is 0.979. The molecule has 150 valence electrons. The van der Waals surface area contributed by atoms with E-state index in [1.165, 1.54) is 5.56 Å². The lowest BCUT2D eigenvalue weighted by Crippen LogP contribution is -2.39. The molecule has 0 saturated heterocycles. The molecule has 0 unspecified atom stereocenters. The molecule has 2 rings (SSSR count). The van der Waals surface area contributed by atoms with E-state index >= 15 is 0 Å². The number of nitrogens with one attached hydrogen (secondary N) is 2. The lowest BCUT2D eigenvalue weighted by atomic mass is 10.1. The van der Waals surface area contributed by atoms with Crippen molar-refractivity contribution in [3.63, 3.8) is 0 Å². The SMILES string of the molecule is CCc1ccc([C@@H](C)NC(=O)CN(C)CC(=O)Nc2c(Cl)cccc2Cl)cc1. The Morgan fingerprint density at radius 3 is 2.14 bits per heavy atom. The molecule has 0 aliphatic carbocycles. The number of nitrogens with zero attached hydrogens (tertiary/aromatic N) is 1. The largest absolute Gasteiger partial charge is 0.348 e. The van der Waals surface area contributed by atoms with Crippen LogP contribution in [0.5, 0.6) is 0 Å². The number of likely N-dealkylation sites (N-methyl/N-ethyl adjacent to an activating group) is 1. The van der Waals surface area contributed by atoms with Gasteiger partial charge in [0, 0.05) is 0 Å². The Balaban J connectivity index is 1.83. The summed E-state index contributed by atoms with van der Waals surface area (Å²) in [4.78, 5) is 26.1. The standard InChI is InChI=1S/C21H25Cl2N3O2/c1-4-15-8-10-16(11-9-15)14(2)24-19(27)12-26(3)13-20(28)25-21-17(22)6-5-7-18(21)23/h5-11,14H,4,12-13H2,1-3H3,(H,24,27)(H,25,28)/t14-/m1/s1. The van der Waals surface area contributed by atoms with E-state index in [0.717, 1.165) is 12.0 Å². The minimum atomic E-state index is -0.298. The number of halogens is 2. The molecule has 28 heavy (non-hydrogen) atoms. The Morgan fingerprint density at radius 2 is 1.57 bits per heavy atom. The Hall–Kier alpha value is -2.08. The van der Waals surface area contributed by atoms with Crippen molar-refractivity contribution in [1.82, 2.24) is 10.2 Å². The molecule has 2 aromatic rings. The van der Waals surface area contributed by atoms with Gasteiger partial charge in [0.1, 0.15) is 0 Å². The topological polar surface area (TPSA) is 61.4 Å². The van der Waals surface area contributed by atoms with Crippen molar-refractivity contribution in [2.24, 2.45) is 0 Å². The van der Waals surface area contributed by atoms with Gasteiger partial charge >= 0.3 is 0 Å². The van der Waals surface area contributed by atoms with Gasteiger partial charge in [0.25, 0.3) is 0 Å². The van der Waals surface area contributed by atoms with Crippen molar-refractivity contribution in [3.05, 3.63) is 63.6 Å². The van der Waals surface area contributed by atoms with Crippen LogP contribution in [-0.4, -0.2) is 36.9 Å². The predicted octanol–water partition coefficient (Wildman–Crippen LogP) is 4.30.